The van der Waals surface area contributed by atoms with Crippen molar-refractivity contribution < 1.29 is 4.39 Å². The topological polar surface area (TPSA) is 37.8 Å². The Kier molecular flexibility index (Phi) is 3.66. The number of hydrogen-bond donors (Lipinski definition) is 1. The summed E-state index contributed by atoms with van der Waals surface area (Å²) in [5.41, 5.74) is 0.510. The van der Waals surface area contributed by atoms with Crippen LogP contribution in [0.25, 0.3) is 0 Å². The van der Waals surface area contributed by atoms with Crippen molar-refractivity contribution in [3.8, 4) is 0 Å². The molecule has 0 radical (unpaired) electrons. The van der Waals surface area contributed by atoms with Gasteiger partial charge in [0.2, 0.25) is 0 Å². The van der Waals surface area contributed by atoms with Crippen molar-refractivity contribution in [2.45, 2.75) is 0 Å². The SMILES string of the molecule is Fc1c(Cl)cc(Nc2cc(Cl)ncn2)cc1Cl. The Morgan fingerprint density at radius 1 is 1.00 bits per heavy atom. The van der Waals surface area contributed by atoms with Crippen LogP contribution in [0.5, 0.6) is 0 Å². The van der Waals surface area contributed by atoms with Crippen molar-refractivity contribution in [3.63, 3.8) is 0 Å². The van der Waals surface area contributed by atoms with Gasteiger partial charge in [-0.15, -0.1) is 0 Å². The molecule has 0 aliphatic heterocycles. The molecule has 0 amide bonds. The number of aromatic nitrogens is 2. The lowest BCUT2D eigenvalue weighted by atomic mass is 10.3. The van der Waals surface area contributed by atoms with E-state index in [9.17, 15) is 4.39 Å². The van der Waals surface area contributed by atoms with Crippen LogP contribution in [-0.2, 0) is 0 Å². The van der Waals surface area contributed by atoms with E-state index >= 15 is 0 Å². The highest BCUT2D eigenvalue weighted by Crippen LogP contribution is 2.28. The minimum atomic E-state index is -0.653. The Balaban J connectivity index is 2.31. The monoisotopic (exact) mass is 291 g/mol. The standard InChI is InChI=1S/C10H5Cl3FN3/c11-6-1-5(2-7(12)10(6)14)17-9-3-8(13)15-4-16-9/h1-4H,(H,15,16,17). The first-order valence-electron chi connectivity index (χ1n) is 4.45. The summed E-state index contributed by atoms with van der Waals surface area (Å²) in [4.78, 5) is 7.66. The summed E-state index contributed by atoms with van der Waals surface area (Å²) in [5.74, 6) is -0.191. The summed E-state index contributed by atoms with van der Waals surface area (Å²) >= 11 is 17.0. The number of halogens is 4. The Morgan fingerprint density at radius 2 is 1.65 bits per heavy atom. The lowest BCUT2D eigenvalue weighted by molar-refractivity contribution is 0.629. The fraction of sp³-hybridized carbons (Fsp3) is 0. The zero-order valence-electron chi connectivity index (χ0n) is 8.22. The molecule has 0 atom stereocenters. The van der Waals surface area contributed by atoms with Crippen molar-refractivity contribution in [2.24, 2.45) is 0 Å². The molecule has 0 saturated carbocycles. The summed E-state index contributed by atoms with van der Waals surface area (Å²) in [5, 5.41) is 3.04. The lowest BCUT2D eigenvalue weighted by Gasteiger charge is -2.07. The summed E-state index contributed by atoms with van der Waals surface area (Å²) in [6, 6.07) is 4.32. The highest BCUT2D eigenvalue weighted by Gasteiger charge is 2.08. The summed E-state index contributed by atoms with van der Waals surface area (Å²) < 4.78 is 13.2. The van der Waals surface area contributed by atoms with Crippen LogP contribution in [0.3, 0.4) is 0 Å². The van der Waals surface area contributed by atoms with Gasteiger partial charge in [0, 0.05) is 11.8 Å². The van der Waals surface area contributed by atoms with Gasteiger partial charge in [0.1, 0.15) is 17.3 Å². The number of nitrogens with one attached hydrogen (secondary N) is 1. The predicted molar refractivity (Wildman–Crippen MR) is 66.7 cm³/mol. The molecule has 3 nitrogen and oxygen atoms in total. The smallest absolute Gasteiger partial charge is 0.160 e. The molecule has 0 fully saturated rings. The minimum absolute atomic E-state index is 0.0693. The van der Waals surface area contributed by atoms with Gasteiger partial charge >= 0.3 is 0 Å². The summed E-state index contributed by atoms with van der Waals surface area (Å²) in [6.45, 7) is 0. The lowest BCUT2D eigenvalue weighted by Crippen LogP contribution is -1.95. The summed E-state index contributed by atoms with van der Waals surface area (Å²) in [7, 11) is 0. The first-order chi connectivity index (χ1) is 8.06. The third kappa shape index (κ3) is 2.97. The molecule has 1 N–H and O–H groups in total. The van der Waals surface area contributed by atoms with Gasteiger partial charge in [-0.05, 0) is 12.1 Å². The molecule has 88 valence electrons. The molecular formula is C10H5Cl3FN3. The molecule has 0 saturated heterocycles. The van der Waals surface area contributed by atoms with Crippen LogP contribution in [0.15, 0.2) is 24.5 Å². The zero-order chi connectivity index (χ0) is 12.4. The molecule has 2 aromatic rings. The molecule has 17 heavy (non-hydrogen) atoms. The van der Waals surface area contributed by atoms with Crippen LogP contribution >= 0.6 is 34.8 Å². The van der Waals surface area contributed by atoms with Crippen LogP contribution in [0.4, 0.5) is 15.9 Å². The highest BCUT2D eigenvalue weighted by molar-refractivity contribution is 6.35. The van der Waals surface area contributed by atoms with Crippen molar-refractivity contribution in [3.05, 3.63) is 45.5 Å². The van der Waals surface area contributed by atoms with Crippen molar-refractivity contribution in [2.75, 3.05) is 5.32 Å². The minimum Gasteiger partial charge on any atom is -0.340 e. The molecular weight excluding hydrogens is 287 g/mol. The third-order valence-corrected chi connectivity index (χ3v) is 2.65. The zero-order valence-corrected chi connectivity index (χ0v) is 10.5. The van der Waals surface area contributed by atoms with E-state index in [0.717, 1.165) is 0 Å². The van der Waals surface area contributed by atoms with Crippen molar-refractivity contribution in [1.29, 1.82) is 0 Å². The van der Waals surface area contributed by atoms with Gasteiger partial charge in [-0.3, -0.25) is 0 Å². The average Bonchev–Trinajstić information content (AvgIpc) is 2.26. The van der Waals surface area contributed by atoms with Crippen molar-refractivity contribution in [1.82, 2.24) is 9.97 Å². The molecule has 2 rings (SSSR count). The van der Waals surface area contributed by atoms with E-state index in [0.29, 0.717) is 16.7 Å². The van der Waals surface area contributed by atoms with E-state index in [1.807, 2.05) is 0 Å². The number of benzene rings is 1. The second-order valence-electron chi connectivity index (χ2n) is 3.10. The van der Waals surface area contributed by atoms with Gasteiger partial charge in [-0.25, -0.2) is 14.4 Å². The first kappa shape index (κ1) is 12.4. The van der Waals surface area contributed by atoms with E-state index in [2.05, 4.69) is 15.3 Å². The van der Waals surface area contributed by atoms with Gasteiger partial charge < -0.3 is 5.32 Å². The molecule has 7 heteroatoms. The Morgan fingerprint density at radius 3 is 2.24 bits per heavy atom. The van der Waals surface area contributed by atoms with Crippen LogP contribution in [0, 0.1) is 5.82 Å². The Labute approximate surface area is 112 Å². The van der Waals surface area contributed by atoms with Gasteiger partial charge in [0.25, 0.3) is 0 Å². The Bertz CT molecular complexity index is 539. The van der Waals surface area contributed by atoms with Crippen LogP contribution in [0.2, 0.25) is 15.2 Å². The maximum absolute atomic E-state index is 13.2. The number of nitrogens with zero attached hydrogens (tertiary/aromatic N) is 2. The fourth-order valence-electron chi connectivity index (χ4n) is 1.18. The fourth-order valence-corrected chi connectivity index (χ4v) is 1.81. The maximum Gasteiger partial charge on any atom is 0.160 e. The number of rotatable bonds is 2. The largest absolute Gasteiger partial charge is 0.340 e. The van der Waals surface area contributed by atoms with E-state index in [4.69, 9.17) is 34.8 Å². The van der Waals surface area contributed by atoms with Gasteiger partial charge in [0.15, 0.2) is 5.82 Å². The molecule has 0 aliphatic rings. The van der Waals surface area contributed by atoms with Gasteiger partial charge in [-0.1, -0.05) is 34.8 Å². The Hall–Kier alpha value is -1.10. The molecule has 1 aromatic heterocycles. The number of hydrogen-bond acceptors (Lipinski definition) is 3. The third-order valence-electron chi connectivity index (χ3n) is 1.89. The van der Waals surface area contributed by atoms with Crippen LogP contribution < -0.4 is 5.32 Å². The van der Waals surface area contributed by atoms with E-state index in [-0.39, 0.29) is 10.0 Å². The van der Waals surface area contributed by atoms with E-state index in [1.165, 1.54) is 24.5 Å². The van der Waals surface area contributed by atoms with Crippen LogP contribution in [-0.4, -0.2) is 9.97 Å². The second-order valence-corrected chi connectivity index (χ2v) is 4.31. The highest BCUT2D eigenvalue weighted by atomic mass is 35.5. The average molecular weight is 293 g/mol. The van der Waals surface area contributed by atoms with E-state index in [1.54, 1.807) is 0 Å². The van der Waals surface area contributed by atoms with Crippen molar-refractivity contribution >= 4 is 46.3 Å². The molecule has 0 unspecified atom stereocenters. The predicted octanol–water partition coefficient (Wildman–Crippen LogP) is 4.32. The molecule has 1 aromatic carbocycles. The first-order valence-corrected chi connectivity index (χ1v) is 5.59. The van der Waals surface area contributed by atoms with Crippen LogP contribution in [0.1, 0.15) is 0 Å². The normalized spacial score (nSPS) is 10.4. The van der Waals surface area contributed by atoms with Gasteiger partial charge in [0.05, 0.1) is 10.0 Å². The molecule has 0 aliphatic carbocycles. The van der Waals surface area contributed by atoms with E-state index < -0.39 is 5.82 Å². The molecule has 0 bridgehead atoms. The molecule has 0 spiro atoms. The molecule has 1 heterocycles. The number of anilines is 2. The summed E-state index contributed by atoms with van der Waals surface area (Å²) in [6.07, 6.45) is 1.30. The van der Waals surface area contributed by atoms with Gasteiger partial charge in [-0.2, -0.15) is 0 Å². The maximum atomic E-state index is 13.2. The quantitative estimate of drug-likeness (QED) is 0.661. The second kappa shape index (κ2) is 5.04.